The third-order valence-electron chi connectivity index (χ3n) is 4.01. The second kappa shape index (κ2) is 13.1. The van der Waals surface area contributed by atoms with Crippen molar-refractivity contribution >= 4 is 40.5 Å². The average Bonchev–Trinajstić information content (AvgIpc) is 3.45. The molecule has 2 fully saturated rings. The number of carbonyl (C=O) groups excluding carboxylic acids is 1. The second-order valence-electron chi connectivity index (χ2n) is 6.13. The number of anilines is 1. The van der Waals surface area contributed by atoms with Crippen molar-refractivity contribution in [1.82, 2.24) is 5.32 Å². The second-order valence-corrected chi connectivity index (χ2v) is 6.98. The number of rotatable bonds is 3. The van der Waals surface area contributed by atoms with E-state index in [0.717, 1.165) is 17.2 Å². The van der Waals surface area contributed by atoms with Gasteiger partial charge in [0, 0.05) is 22.2 Å². The Balaban J connectivity index is 0.000000468. The molecule has 2 saturated carbocycles. The minimum atomic E-state index is -0.281. The van der Waals surface area contributed by atoms with Crippen LogP contribution < -0.4 is 10.6 Å². The van der Waals surface area contributed by atoms with Crippen molar-refractivity contribution in [1.29, 1.82) is 0 Å². The summed E-state index contributed by atoms with van der Waals surface area (Å²) < 4.78 is 0. The van der Waals surface area contributed by atoms with Gasteiger partial charge >= 0.3 is 17.1 Å². The van der Waals surface area contributed by atoms with Gasteiger partial charge in [0.25, 0.3) is 5.91 Å². The standard InChI is InChI=1S/C19H14ClN2OS.C5H5.Fe/c20-16-10-8-14(9-11-16)18(23)22-19(24)21-17-7-3-6-15(12-17)13-4-1-2-5-13;1-2-4-5-3-1;/h1-12H,(H2,21,22,23,24);1-5H;/q;;+2. The molecule has 0 aliphatic heterocycles. The first-order chi connectivity index (χ1) is 14.1. The van der Waals surface area contributed by atoms with Gasteiger partial charge in [-0.3, -0.25) is 10.1 Å². The summed E-state index contributed by atoms with van der Waals surface area (Å²) in [4.78, 5) is 12.1. The first kappa shape index (κ1) is 24.9. The molecule has 6 heteroatoms. The van der Waals surface area contributed by atoms with E-state index in [-0.39, 0.29) is 28.1 Å². The van der Waals surface area contributed by atoms with Gasteiger partial charge in [-0.05, 0) is 112 Å². The topological polar surface area (TPSA) is 41.1 Å². The molecular weight excluding hydrogens is 456 g/mol. The Labute approximate surface area is 200 Å². The third-order valence-corrected chi connectivity index (χ3v) is 4.46. The zero-order valence-corrected chi connectivity index (χ0v) is 18.5. The van der Waals surface area contributed by atoms with Crippen LogP contribution in [0.4, 0.5) is 5.69 Å². The van der Waals surface area contributed by atoms with Crippen molar-refractivity contribution in [3.05, 3.63) is 128 Å². The van der Waals surface area contributed by atoms with Gasteiger partial charge in [0.2, 0.25) is 0 Å². The molecule has 150 valence electrons. The predicted molar refractivity (Wildman–Crippen MR) is 123 cm³/mol. The Hall–Kier alpha value is -1.39. The molecule has 3 nitrogen and oxygen atoms in total. The van der Waals surface area contributed by atoms with Crippen molar-refractivity contribution in [3.8, 4) is 0 Å². The minimum Gasteiger partial charge on any atom is -0.332 e. The molecule has 2 aliphatic rings. The quantitative estimate of drug-likeness (QED) is 0.472. The van der Waals surface area contributed by atoms with Gasteiger partial charge in [0.05, 0.1) is 0 Å². The van der Waals surface area contributed by atoms with Crippen LogP contribution in [-0.4, -0.2) is 11.0 Å². The minimum absolute atomic E-state index is 0. The summed E-state index contributed by atoms with van der Waals surface area (Å²) in [5.74, 6) is 0.853. The Morgan fingerprint density at radius 2 is 1.43 bits per heavy atom. The molecule has 0 aromatic heterocycles. The number of nitrogens with one attached hydrogen (secondary N) is 2. The van der Waals surface area contributed by atoms with Crippen LogP contribution in [0.2, 0.25) is 5.02 Å². The van der Waals surface area contributed by atoms with Gasteiger partial charge < -0.3 is 5.32 Å². The fourth-order valence-electron chi connectivity index (χ4n) is 2.60. The first-order valence-electron chi connectivity index (χ1n) is 8.98. The Morgan fingerprint density at radius 1 is 0.833 bits per heavy atom. The van der Waals surface area contributed by atoms with Crippen LogP contribution >= 0.6 is 23.8 Å². The van der Waals surface area contributed by atoms with Crippen LogP contribution in [-0.2, 0) is 17.1 Å². The van der Waals surface area contributed by atoms with Gasteiger partial charge in [-0.1, -0.05) is 23.7 Å². The third kappa shape index (κ3) is 8.03. The van der Waals surface area contributed by atoms with E-state index in [9.17, 15) is 4.79 Å². The molecule has 0 atom stereocenters. The molecule has 0 heterocycles. The fraction of sp³-hybridized carbons (Fsp3) is 0. The summed E-state index contributed by atoms with van der Waals surface area (Å²) in [7, 11) is 0. The average molecular weight is 475 g/mol. The summed E-state index contributed by atoms with van der Waals surface area (Å²) in [5, 5.41) is 6.51. The molecule has 2 aromatic rings. The maximum Gasteiger partial charge on any atom is 2.00 e. The molecule has 0 saturated heterocycles. The van der Waals surface area contributed by atoms with Crippen molar-refractivity contribution in [2.75, 3.05) is 5.32 Å². The largest absolute Gasteiger partial charge is 2.00 e. The van der Waals surface area contributed by atoms with E-state index < -0.39 is 0 Å². The Bertz CT molecular complexity index is 811. The van der Waals surface area contributed by atoms with Crippen LogP contribution in [0.3, 0.4) is 0 Å². The molecule has 2 aliphatic carbocycles. The van der Waals surface area contributed by atoms with Crippen LogP contribution in [0.25, 0.3) is 0 Å². The molecule has 30 heavy (non-hydrogen) atoms. The Morgan fingerprint density at radius 3 is 2.03 bits per heavy atom. The number of hydrogen-bond donors (Lipinski definition) is 2. The molecule has 0 spiro atoms. The molecule has 2 N–H and O–H groups in total. The van der Waals surface area contributed by atoms with E-state index in [1.54, 1.807) is 24.3 Å². The number of halogens is 1. The van der Waals surface area contributed by atoms with Gasteiger partial charge in [-0.25, -0.2) is 0 Å². The SMILES string of the molecule is O=C(NC(=S)Nc1cccc([C]2[CH][CH][CH][CH]2)c1)c1ccc(Cl)cc1.[CH]1[CH][CH][CH][CH]1.[Fe+2]. The molecule has 0 bridgehead atoms. The summed E-state index contributed by atoms with van der Waals surface area (Å²) in [6.07, 6.45) is 18.1. The zero-order chi connectivity index (χ0) is 20.5. The van der Waals surface area contributed by atoms with E-state index in [2.05, 4.69) is 10.6 Å². The van der Waals surface area contributed by atoms with Crippen LogP contribution in [0.1, 0.15) is 15.9 Å². The summed E-state index contributed by atoms with van der Waals surface area (Å²) in [6, 6.07) is 14.5. The molecular formula is C24H19ClFeN2OS+2. The van der Waals surface area contributed by atoms with Gasteiger partial charge in [0.15, 0.2) is 5.11 Å². The molecule has 1 amide bonds. The number of benzene rings is 2. The number of hydrogen-bond acceptors (Lipinski definition) is 2. The van der Waals surface area contributed by atoms with Crippen LogP contribution in [0.5, 0.6) is 0 Å². The number of carbonyl (C=O) groups is 1. The van der Waals surface area contributed by atoms with Crippen molar-refractivity contribution in [3.63, 3.8) is 0 Å². The number of thiocarbonyl (C=S) groups is 1. The molecule has 2 aromatic carbocycles. The van der Waals surface area contributed by atoms with E-state index in [1.807, 2.05) is 82.1 Å². The summed E-state index contributed by atoms with van der Waals surface area (Å²) in [6.45, 7) is 0. The van der Waals surface area contributed by atoms with Crippen molar-refractivity contribution in [2.45, 2.75) is 0 Å². The van der Waals surface area contributed by atoms with E-state index in [4.69, 9.17) is 23.8 Å². The van der Waals surface area contributed by atoms with E-state index in [1.165, 1.54) is 0 Å². The van der Waals surface area contributed by atoms with Crippen molar-refractivity contribution < 1.29 is 21.9 Å². The van der Waals surface area contributed by atoms with E-state index >= 15 is 0 Å². The van der Waals surface area contributed by atoms with Gasteiger partial charge in [-0.15, -0.1) is 0 Å². The van der Waals surface area contributed by atoms with Crippen molar-refractivity contribution in [2.24, 2.45) is 0 Å². The monoisotopic (exact) mass is 474 g/mol. The smallest absolute Gasteiger partial charge is 0.332 e. The molecule has 10 radical (unpaired) electrons. The number of amides is 1. The van der Waals surface area contributed by atoms with Gasteiger partial charge in [-0.2, -0.15) is 0 Å². The molecule has 0 unspecified atom stereocenters. The van der Waals surface area contributed by atoms with Crippen LogP contribution in [0, 0.1) is 63.7 Å². The zero-order valence-electron chi connectivity index (χ0n) is 15.9. The van der Waals surface area contributed by atoms with E-state index in [0.29, 0.717) is 10.6 Å². The van der Waals surface area contributed by atoms with Gasteiger partial charge in [0.1, 0.15) is 0 Å². The normalized spacial score (nSPS) is 15.5. The predicted octanol–water partition coefficient (Wildman–Crippen LogP) is 5.24. The molecule has 4 rings (SSSR count). The summed E-state index contributed by atoms with van der Waals surface area (Å²) in [5.41, 5.74) is 2.39. The maximum atomic E-state index is 12.1. The van der Waals surface area contributed by atoms with Crippen LogP contribution in [0.15, 0.2) is 48.5 Å². The summed E-state index contributed by atoms with van der Waals surface area (Å²) >= 11 is 11.0. The maximum absolute atomic E-state index is 12.1. The first-order valence-corrected chi connectivity index (χ1v) is 9.77. The fourth-order valence-corrected chi connectivity index (χ4v) is 2.94. The Kier molecular flexibility index (Phi) is 10.9.